The number of benzene rings is 11. The van der Waals surface area contributed by atoms with Crippen molar-refractivity contribution in [3.8, 4) is 33.4 Å². The molecule has 0 fully saturated rings. The van der Waals surface area contributed by atoms with Crippen molar-refractivity contribution < 1.29 is 8.83 Å². The number of fused-ring (bicyclic) bond motifs is 11. The highest BCUT2D eigenvalue weighted by Gasteiger charge is 2.19. The first kappa shape index (κ1) is 35.4. The molecule has 2 heterocycles. The van der Waals surface area contributed by atoms with E-state index in [1.165, 1.54) is 27.1 Å². The van der Waals surface area contributed by atoms with E-state index in [1.807, 2.05) is 0 Å². The fraction of sp³-hybridized carbons (Fsp3) is 0. The van der Waals surface area contributed by atoms with Gasteiger partial charge in [-0.1, -0.05) is 176 Å². The Morgan fingerprint density at radius 3 is 1.21 bits per heavy atom. The summed E-state index contributed by atoms with van der Waals surface area (Å²) in [6.07, 6.45) is 0. The fourth-order valence-electron chi connectivity index (χ4n) is 9.82. The third-order valence-corrected chi connectivity index (χ3v) is 12.9. The summed E-state index contributed by atoms with van der Waals surface area (Å²) >= 11 is 0. The topological polar surface area (TPSA) is 29.5 Å². The lowest BCUT2D eigenvalue weighted by Crippen LogP contribution is -2.10. The average molecular weight is 804 g/mol. The summed E-state index contributed by atoms with van der Waals surface area (Å²) in [5.41, 5.74) is 13.5. The van der Waals surface area contributed by atoms with Crippen LogP contribution in [0.25, 0.3) is 110 Å². The van der Waals surface area contributed by atoms with Gasteiger partial charge in [0.15, 0.2) is 0 Å². The van der Waals surface area contributed by atoms with Crippen molar-refractivity contribution in [2.75, 3.05) is 4.90 Å². The standard InChI is InChI=1S/C60H37NO2/c1-4-17-47-38(11-1)14-8-20-48(47)43-15-7-16-46(37-43)61(44-31-25-41(26-32-44)51-21-9-23-53-55-35-29-39-12-2-5-18-49(39)59(55)62-57(51)53)45-33-27-42(28-34-45)52-22-10-24-54-56-36-30-40-13-3-6-19-50(40)60(56)63-58(52)54/h1-37H. The molecular formula is C60H37NO2. The van der Waals surface area contributed by atoms with E-state index < -0.39 is 0 Å². The van der Waals surface area contributed by atoms with Crippen LogP contribution in [0.2, 0.25) is 0 Å². The molecule has 294 valence electrons. The van der Waals surface area contributed by atoms with Crippen LogP contribution in [0, 0.1) is 0 Å². The molecule has 13 rings (SSSR count). The Morgan fingerprint density at radius 1 is 0.238 bits per heavy atom. The molecule has 63 heavy (non-hydrogen) atoms. The highest BCUT2D eigenvalue weighted by molar-refractivity contribution is 6.18. The lowest BCUT2D eigenvalue weighted by Gasteiger charge is -2.26. The minimum atomic E-state index is 0.902. The molecule has 11 aromatic carbocycles. The van der Waals surface area contributed by atoms with E-state index in [0.717, 1.165) is 99.5 Å². The smallest absolute Gasteiger partial charge is 0.143 e. The minimum Gasteiger partial charge on any atom is -0.455 e. The van der Waals surface area contributed by atoms with Crippen LogP contribution in [0.3, 0.4) is 0 Å². The van der Waals surface area contributed by atoms with Gasteiger partial charge in [0.25, 0.3) is 0 Å². The molecule has 3 nitrogen and oxygen atoms in total. The highest BCUT2D eigenvalue weighted by Crippen LogP contribution is 2.44. The van der Waals surface area contributed by atoms with Crippen molar-refractivity contribution in [2.45, 2.75) is 0 Å². The van der Waals surface area contributed by atoms with E-state index in [-0.39, 0.29) is 0 Å². The number of furan rings is 2. The van der Waals surface area contributed by atoms with Crippen molar-refractivity contribution >= 4 is 93.3 Å². The van der Waals surface area contributed by atoms with Crippen molar-refractivity contribution in [3.05, 3.63) is 224 Å². The van der Waals surface area contributed by atoms with Gasteiger partial charge in [-0.2, -0.15) is 0 Å². The van der Waals surface area contributed by atoms with Crippen LogP contribution >= 0.6 is 0 Å². The number of anilines is 3. The van der Waals surface area contributed by atoms with E-state index in [0.29, 0.717) is 0 Å². The quantitative estimate of drug-likeness (QED) is 0.168. The maximum Gasteiger partial charge on any atom is 0.143 e. The molecule has 13 aromatic rings. The predicted octanol–water partition coefficient (Wildman–Crippen LogP) is 17.4. The van der Waals surface area contributed by atoms with E-state index in [9.17, 15) is 0 Å². The summed E-state index contributed by atoms with van der Waals surface area (Å²) in [6.45, 7) is 0. The fourth-order valence-corrected chi connectivity index (χ4v) is 9.82. The molecule has 0 N–H and O–H groups in total. The lowest BCUT2D eigenvalue weighted by atomic mass is 9.97. The number of hydrogen-bond donors (Lipinski definition) is 0. The van der Waals surface area contributed by atoms with E-state index >= 15 is 0 Å². The monoisotopic (exact) mass is 803 g/mol. The summed E-state index contributed by atoms with van der Waals surface area (Å²) in [5, 5.41) is 11.6. The summed E-state index contributed by atoms with van der Waals surface area (Å²) in [4.78, 5) is 2.35. The SMILES string of the molecule is c1cc(-c2cccc3ccccc23)cc(N(c2ccc(-c3cccc4c3oc3c5ccccc5ccc43)cc2)c2ccc(-c3cccc4c3oc3c5ccccc5ccc43)cc2)c1. The normalized spacial score (nSPS) is 11.8. The van der Waals surface area contributed by atoms with Gasteiger partial charge in [0.05, 0.1) is 0 Å². The Balaban J connectivity index is 0.934. The van der Waals surface area contributed by atoms with Crippen molar-refractivity contribution in [3.63, 3.8) is 0 Å². The van der Waals surface area contributed by atoms with E-state index in [1.54, 1.807) is 0 Å². The van der Waals surface area contributed by atoms with Crippen molar-refractivity contribution in [2.24, 2.45) is 0 Å². The first-order valence-corrected chi connectivity index (χ1v) is 21.5. The summed E-state index contributed by atoms with van der Waals surface area (Å²) in [6, 6.07) is 80.4. The number of rotatable bonds is 6. The zero-order valence-electron chi connectivity index (χ0n) is 34.1. The van der Waals surface area contributed by atoms with Gasteiger partial charge in [-0.3, -0.25) is 0 Å². The maximum atomic E-state index is 6.75. The molecule has 0 aliphatic carbocycles. The largest absolute Gasteiger partial charge is 0.455 e. The Kier molecular flexibility index (Phi) is 7.91. The molecule has 0 aliphatic rings. The van der Waals surface area contributed by atoms with Gasteiger partial charge in [-0.05, 0) is 92.3 Å². The van der Waals surface area contributed by atoms with Crippen LogP contribution in [0.5, 0.6) is 0 Å². The molecule has 0 aliphatic heterocycles. The molecule has 0 saturated carbocycles. The van der Waals surface area contributed by atoms with Gasteiger partial charge >= 0.3 is 0 Å². The first-order valence-electron chi connectivity index (χ1n) is 21.5. The van der Waals surface area contributed by atoms with Gasteiger partial charge in [0, 0.05) is 60.5 Å². The summed E-state index contributed by atoms with van der Waals surface area (Å²) < 4.78 is 13.5. The summed E-state index contributed by atoms with van der Waals surface area (Å²) in [5.74, 6) is 0. The first-order chi connectivity index (χ1) is 31.2. The van der Waals surface area contributed by atoms with Crippen molar-refractivity contribution in [1.82, 2.24) is 0 Å². The Morgan fingerprint density at radius 2 is 0.651 bits per heavy atom. The molecule has 0 atom stereocenters. The molecule has 0 saturated heterocycles. The van der Waals surface area contributed by atoms with E-state index in [2.05, 4.69) is 229 Å². The Labute approximate surface area is 363 Å². The molecule has 0 bridgehead atoms. The third kappa shape index (κ3) is 5.67. The molecule has 0 unspecified atom stereocenters. The predicted molar refractivity (Wildman–Crippen MR) is 265 cm³/mol. The van der Waals surface area contributed by atoms with Crippen LogP contribution in [0.15, 0.2) is 233 Å². The highest BCUT2D eigenvalue weighted by atomic mass is 16.3. The van der Waals surface area contributed by atoms with Crippen LogP contribution in [-0.4, -0.2) is 0 Å². The second kappa shape index (κ2) is 14.1. The zero-order valence-corrected chi connectivity index (χ0v) is 34.1. The Bertz CT molecular complexity index is 3710. The lowest BCUT2D eigenvalue weighted by molar-refractivity contribution is 0.673. The van der Waals surface area contributed by atoms with Gasteiger partial charge in [-0.15, -0.1) is 0 Å². The van der Waals surface area contributed by atoms with Gasteiger partial charge in [0.1, 0.15) is 22.3 Å². The molecule has 0 amide bonds. The van der Waals surface area contributed by atoms with Gasteiger partial charge in [-0.25, -0.2) is 0 Å². The second-order valence-electron chi connectivity index (χ2n) is 16.4. The third-order valence-electron chi connectivity index (χ3n) is 12.9. The molecule has 0 spiro atoms. The van der Waals surface area contributed by atoms with Crippen LogP contribution in [0.4, 0.5) is 17.1 Å². The molecular weight excluding hydrogens is 767 g/mol. The maximum absolute atomic E-state index is 6.75. The average Bonchev–Trinajstić information content (AvgIpc) is 3.94. The van der Waals surface area contributed by atoms with Gasteiger partial charge < -0.3 is 13.7 Å². The number of para-hydroxylation sites is 2. The van der Waals surface area contributed by atoms with Crippen molar-refractivity contribution in [1.29, 1.82) is 0 Å². The number of nitrogens with zero attached hydrogens (tertiary/aromatic N) is 1. The number of hydrogen-bond acceptors (Lipinski definition) is 3. The van der Waals surface area contributed by atoms with Crippen LogP contribution < -0.4 is 4.90 Å². The zero-order chi connectivity index (χ0) is 41.4. The minimum absolute atomic E-state index is 0.902. The van der Waals surface area contributed by atoms with E-state index in [4.69, 9.17) is 8.83 Å². The summed E-state index contributed by atoms with van der Waals surface area (Å²) in [7, 11) is 0. The Hall–Kier alpha value is -8.40. The molecule has 3 heteroatoms. The second-order valence-corrected chi connectivity index (χ2v) is 16.4. The molecule has 2 aromatic heterocycles. The van der Waals surface area contributed by atoms with Crippen LogP contribution in [-0.2, 0) is 0 Å². The van der Waals surface area contributed by atoms with Crippen LogP contribution in [0.1, 0.15) is 0 Å². The van der Waals surface area contributed by atoms with Gasteiger partial charge in [0.2, 0.25) is 0 Å². The molecule has 0 radical (unpaired) electrons.